The lowest BCUT2D eigenvalue weighted by Gasteiger charge is -2.21. The number of nitrogens with one attached hydrogen (secondary N) is 1. The Morgan fingerprint density at radius 1 is 0.929 bits per heavy atom. The van der Waals surface area contributed by atoms with E-state index in [0.717, 1.165) is 16.7 Å². The fourth-order valence-corrected chi connectivity index (χ4v) is 4.25. The first kappa shape index (κ1) is 19.8. The van der Waals surface area contributed by atoms with Crippen LogP contribution in [0.2, 0.25) is 0 Å². The van der Waals surface area contributed by atoms with Crippen molar-refractivity contribution in [3.8, 4) is 0 Å². The highest BCUT2D eigenvalue weighted by atomic mass is 32.2. The number of aryl methyl sites for hydroxylation is 1. The zero-order valence-electron chi connectivity index (χ0n) is 15.6. The van der Waals surface area contributed by atoms with Crippen molar-refractivity contribution in [3.05, 3.63) is 101 Å². The predicted molar refractivity (Wildman–Crippen MR) is 108 cm³/mol. The zero-order chi connectivity index (χ0) is 20.1. The lowest BCUT2D eigenvalue weighted by molar-refractivity contribution is 0.0600. The van der Waals surface area contributed by atoms with Gasteiger partial charge in [0.1, 0.15) is 0 Å². The second kappa shape index (κ2) is 8.37. The molecule has 3 aromatic carbocycles. The van der Waals surface area contributed by atoms with Crippen molar-refractivity contribution in [3.63, 3.8) is 0 Å². The highest BCUT2D eigenvalue weighted by molar-refractivity contribution is 7.89. The predicted octanol–water partition coefficient (Wildman–Crippen LogP) is 3.85. The maximum atomic E-state index is 13.1. The Balaban J connectivity index is 2.03. The SMILES string of the molecule is COC(=O)c1cccc(S(=O)(=O)N[C@H](c2ccccc2)c2ccccc2C)c1. The number of esters is 1. The van der Waals surface area contributed by atoms with Crippen LogP contribution in [0.1, 0.15) is 33.1 Å². The maximum Gasteiger partial charge on any atom is 0.337 e. The molecule has 3 aromatic rings. The fraction of sp³-hybridized carbons (Fsp3) is 0.136. The van der Waals surface area contributed by atoms with E-state index in [1.54, 1.807) is 0 Å². The van der Waals surface area contributed by atoms with Gasteiger partial charge in [-0.15, -0.1) is 0 Å². The van der Waals surface area contributed by atoms with Gasteiger partial charge in [0.25, 0.3) is 0 Å². The quantitative estimate of drug-likeness (QED) is 0.644. The van der Waals surface area contributed by atoms with Crippen LogP contribution in [0.5, 0.6) is 0 Å². The molecule has 0 aliphatic heterocycles. The van der Waals surface area contributed by atoms with Gasteiger partial charge in [0, 0.05) is 0 Å². The van der Waals surface area contributed by atoms with Crippen molar-refractivity contribution in [2.75, 3.05) is 7.11 Å². The van der Waals surface area contributed by atoms with Gasteiger partial charge in [0.15, 0.2) is 0 Å². The van der Waals surface area contributed by atoms with E-state index in [2.05, 4.69) is 9.46 Å². The molecule has 0 heterocycles. The molecular formula is C22H21NO4S. The molecule has 1 atom stereocenters. The molecule has 0 radical (unpaired) electrons. The highest BCUT2D eigenvalue weighted by Crippen LogP contribution is 2.27. The average molecular weight is 395 g/mol. The van der Waals surface area contributed by atoms with Gasteiger partial charge in [-0.2, -0.15) is 4.72 Å². The Kier molecular flexibility index (Phi) is 5.92. The van der Waals surface area contributed by atoms with Crippen molar-refractivity contribution in [1.29, 1.82) is 0 Å². The third-order valence-electron chi connectivity index (χ3n) is 4.47. The number of ether oxygens (including phenoxy) is 1. The second-order valence-corrected chi connectivity index (χ2v) is 8.05. The molecular weight excluding hydrogens is 374 g/mol. The van der Waals surface area contributed by atoms with Gasteiger partial charge in [-0.05, 0) is 41.8 Å². The summed E-state index contributed by atoms with van der Waals surface area (Å²) in [6.07, 6.45) is 0. The highest BCUT2D eigenvalue weighted by Gasteiger charge is 2.24. The minimum Gasteiger partial charge on any atom is -0.465 e. The Bertz CT molecular complexity index is 1080. The number of carbonyl (C=O) groups excluding carboxylic acids is 1. The molecule has 3 rings (SSSR count). The first-order valence-electron chi connectivity index (χ1n) is 8.73. The maximum absolute atomic E-state index is 13.1. The summed E-state index contributed by atoms with van der Waals surface area (Å²) in [6, 6.07) is 22.3. The van der Waals surface area contributed by atoms with Crippen LogP contribution < -0.4 is 4.72 Å². The van der Waals surface area contributed by atoms with E-state index >= 15 is 0 Å². The number of hydrogen-bond acceptors (Lipinski definition) is 4. The van der Waals surface area contributed by atoms with Crippen molar-refractivity contribution in [1.82, 2.24) is 4.72 Å². The molecule has 0 fully saturated rings. The molecule has 0 unspecified atom stereocenters. The smallest absolute Gasteiger partial charge is 0.337 e. The van der Waals surface area contributed by atoms with Crippen LogP contribution in [0.3, 0.4) is 0 Å². The third kappa shape index (κ3) is 4.30. The summed E-state index contributed by atoms with van der Waals surface area (Å²) in [4.78, 5) is 11.8. The van der Waals surface area contributed by atoms with Crippen LogP contribution >= 0.6 is 0 Å². The van der Waals surface area contributed by atoms with E-state index in [9.17, 15) is 13.2 Å². The first-order chi connectivity index (χ1) is 13.4. The number of sulfonamides is 1. The van der Waals surface area contributed by atoms with Gasteiger partial charge >= 0.3 is 5.97 Å². The van der Waals surface area contributed by atoms with Crippen LogP contribution in [-0.4, -0.2) is 21.5 Å². The number of benzene rings is 3. The lowest BCUT2D eigenvalue weighted by Crippen LogP contribution is -2.30. The number of methoxy groups -OCH3 is 1. The minimum atomic E-state index is -3.89. The third-order valence-corrected chi connectivity index (χ3v) is 5.89. The molecule has 0 saturated carbocycles. The van der Waals surface area contributed by atoms with Crippen LogP contribution in [0.25, 0.3) is 0 Å². The van der Waals surface area contributed by atoms with Crippen molar-refractivity contribution in [2.24, 2.45) is 0 Å². The van der Waals surface area contributed by atoms with E-state index in [-0.39, 0.29) is 10.5 Å². The molecule has 6 heteroatoms. The van der Waals surface area contributed by atoms with Gasteiger partial charge < -0.3 is 4.74 Å². The summed E-state index contributed by atoms with van der Waals surface area (Å²) in [7, 11) is -2.64. The molecule has 0 aliphatic rings. The molecule has 144 valence electrons. The molecule has 0 spiro atoms. The fourth-order valence-electron chi connectivity index (χ4n) is 3.00. The summed E-state index contributed by atoms with van der Waals surface area (Å²) >= 11 is 0. The molecule has 0 aromatic heterocycles. The van der Waals surface area contributed by atoms with Gasteiger partial charge in [-0.3, -0.25) is 0 Å². The van der Waals surface area contributed by atoms with Crippen LogP contribution in [0, 0.1) is 6.92 Å². The average Bonchev–Trinajstić information content (AvgIpc) is 2.73. The molecule has 1 N–H and O–H groups in total. The minimum absolute atomic E-state index is 0.00455. The molecule has 5 nitrogen and oxygen atoms in total. The van der Waals surface area contributed by atoms with Gasteiger partial charge in [-0.1, -0.05) is 60.7 Å². The summed E-state index contributed by atoms with van der Waals surface area (Å²) < 4.78 is 33.7. The Labute approximate surface area is 165 Å². The molecule has 28 heavy (non-hydrogen) atoms. The van der Waals surface area contributed by atoms with Crippen molar-refractivity contribution < 1.29 is 17.9 Å². The van der Waals surface area contributed by atoms with Gasteiger partial charge in [-0.25, -0.2) is 13.2 Å². The number of carbonyl (C=O) groups is 1. The monoisotopic (exact) mass is 395 g/mol. The van der Waals surface area contributed by atoms with E-state index in [1.807, 2.05) is 61.5 Å². The normalized spacial score (nSPS) is 12.4. The summed E-state index contributed by atoms with van der Waals surface area (Å²) in [6.45, 7) is 1.94. The van der Waals surface area contributed by atoms with Gasteiger partial charge in [0.05, 0.1) is 23.6 Å². The van der Waals surface area contributed by atoms with E-state index in [4.69, 9.17) is 0 Å². The number of hydrogen-bond donors (Lipinski definition) is 1. The van der Waals surface area contributed by atoms with Crippen LogP contribution in [0.15, 0.2) is 83.8 Å². The van der Waals surface area contributed by atoms with Gasteiger partial charge in [0.2, 0.25) is 10.0 Å². The molecule has 0 aliphatic carbocycles. The summed E-state index contributed by atoms with van der Waals surface area (Å²) in [5.74, 6) is -0.587. The standard InChI is InChI=1S/C22H21NO4S/c1-16-9-6-7-14-20(16)21(17-10-4-3-5-11-17)23-28(25,26)19-13-8-12-18(15-19)22(24)27-2/h3-15,21,23H,1-2H3/t21-/m1/s1. The molecule has 0 saturated heterocycles. The molecule has 0 amide bonds. The summed E-state index contributed by atoms with van der Waals surface area (Å²) in [5.41, 5.74) is 2.84. The zero-order valence-corrected chi connectivity index (χ0v) is 16.4. The second-order valence-electron chi connectivity index (χ2n) is 6.34. The van der Waals surface area contributed by atoms with Crippen molar-refractivity contribution >= 4 is 16.0 Å². The lowest BCUT2D eigenvalue weighted by atomic mass is 9.96. The van der Waals surface area contributed by atoms with Crippen LogP contribution in [-0.2, 0) is 14.8 Å². The van der Waals surface area contributed by atoms with E-state index in [0.29, 0.717) is 0 Å². The summed E-state index contributed by atoms with van der Waals surface area (Å²) in [5, 5.41) is 0. The Hall–Kier alpha value is -2.96. The topological polar surface area (TPSA) is 72.5 Å². The van der Waals surface area contributed by atoms with E-state index < -0.39 is 22.0 Å². The van der Waals surface area contributed by atoms with Crippen molar-refractivity contribution in [2.45, 2.75) is 17.9 Å². The first-order valence-corrected chi connectivity index (χ1v) is 10.2. The Morgan fingerprint density at radius 3 is 2.29 bits per heavy atom. The van der Waals surface area contributed by atoms with E-state index in [1.165, 1.54) is 31.4 Å². The number of rotatable bonds is 6. The molecule has 0 bridgehead atoms. The largest absolute Gasteiger partial charge is 0.465 e. The van der Waals surface area contributed by atoms with Crippen LogP contribution in [0.4, 0.5) is 0 Å². The Morgan fingerprint density at radius 2 is 1.61 bits per heavy atom.